The third kappa shape index (κ3) is 3.83. The smallest absolute Gasteiger partial charge is 0.0377 e. The maximum absolute atomic E-state index is 3.63. The molecule has 102 valence electrons. The first-order valence-corrected chi connectivity index (χ1v) is 9.01. The molecule has 0 aliphatic carbocycles. The molecule has 1 aromatic heterocycles. The van der Waals surface area contributed by atoms with Gasteiger partial charge < -0.3 is 4.90 Å². The molecule has 1 aromatic carbocycles. The molecular formula is C15H17Br2NS. The number of likely N-dealkylation sites (N-methyl/N-ethyl adjacent to an activating group) is 1. The summed E-state index contributed by atoms with van der Waals surface area (Å²) in [5, 5.41) is 3.02. The molecule has 0 saturated heterocycles. The van der Waals surface area contributed by atoms with E-state index in [9.17, 15) is 0 Å². The Morgan fingerprint density at radius 2 is 2.11 bits per heavy atom. The van der Waals surface area contributed by atoms with Crippen LogP contribution in [0.4, 0.5) is 5.69 Å². The molecule has 2 aromatic rings. The fourth-order valence-corrected chi connectivity index (χ4v) is 4.17. The molecule has 0 radical (unpaired) electrons. The summed E-state index contributed by atoms with van der Waals surface area (Å²) in [5.74, 6) is 0. The van der Waals surface area contributed by atoms with Gasteiger partial charge in [-0.2, -0.15) is 0 Å². The van der Waals surface area contributed by atoms with Crippen molar-refractivity contribution in [2.75, 3.05) is 11.9 Å². The third-order valence-corrected chi connectivity index (χ3v) is 5.57. The molecule has 0 saturated carbocycles. The van der Waals surface area contributed by atoms with Crippen molar-refractivity contribution >= 4 is 48.9 Å². The van der Waals surface area contributed by atoms with Gasteiger partial charge in [-0.1, -0.05) is 44.0 Å². The summed E-state index contributed by atoms with van der Waals surface area (Å²) in [7, 11) is 2.16. The molecule has 1 heterocycles. The molecule has 0 aliphatic heterocycles. The Labute approximate surface area is 135 Å². The van der Waals surface area contributed by atoms with Crippen molar-refractivity contribution in [2.45, 2.75) is 24.7 Å². The van der Waals surface area contributed by atoms with E-state index >= 15 is 0 Å². The minimum atomic E-state index is 0.486. The molecule has 1 nitrogen and oxygen atoms in total. The predicted molar refractivity (Wildman–Crippen MR) is 92.7 cm³/mol. The number of nitrogens with zero attached hydrogens (tertiary/aromatic N) is 1. The first kappa shape index (κ1) is 15.1. The Hall–Kier alpha value is -0.320. The number of halogens is 2. The number of hydrogen-bond acceptors (Lipinski definition) is 2. The van der Waals surface area contributed by atoms with Crippen LogP contribution in [-0.4, -0.2) is 13.1 Å². The lowest BCUT2D eigenvalue weighted by molar-refractivity contribution is 0.688. The third-order valence-electron chi connectivity index (χ3n) is 3.33. The van der Waals surface area contributed by atoms with Gasteiger partial charge in [-0.3, -0.25) is 0 Å². The summed E-state index contributed by atoms with van der Waals surface area (Å²) >= 11 is 8.96. The second-order valence-corrected chi connectivity index (χ2v) is 7.10. The molecule has 19 heavy (non-hydrogen) atoms. The topological polar surface area (TPSA) is 3.24 Å². The van der Waals surface area contributed by atoms with E-state index < -0.39 is 0 Å². The average Bonchev–Trinajstić information content (AvgIpc) is 2.90. The summed E-state index contributed by atoms with van der Waals surface area (Å²) in [6, 6.07) is 11.4. The molecule has 0 bridgehead atoms. The molecule has 1 atom stereocenters. The van der Waals surface area contributed by atoms with E-state index in [1.165, 1.54) is 16.1 Å². The molecule has 0 fully saturated rings. The molecule has 4 heteroatoms. The summed E-state index contributed by atoms with van der Waals surface area (Å²) in [6.07, 6.45) is 1.09. The fraction of sp³-hybridized carbons (Fsp3) is 0.333. The number of hydrogen-bond donors (Lipinski definition) is 0. The van der Waals surface area contributed by atoms with Crippen LogP contribution in [0.15, 0.2) is 40.2 Å². The van der Waals surface area contributed by atoms with Gasteiger partial charge in [0.25, 0.3) is 0 Å². The van der Waals surface area contributed by atoms with E-state index in [-0.39, 0.29) is 0 Å². The number of rotatable bonds is 5. The van der Waals surface area contributed by atoms with E-state index in [1.807, 2.05) is 11.3 Å². The monoisotopic (exact) mass is 401 g/mol. The van der Waals surface area contributed by atoms with Crippen molar-refractivity contribution in [3.63, 3.8) is 0 Å². The van der Waals surface area contributed by atoms with E-state index in [0.29, 0.717) is 6.04 Å². The van der Waals surface area contributed by atoms with E-state index in [2.05, 4.69) is 86.4 Å². The maximum atomic E-state index is 3.63. The van der Waals surface area contributed by atoms with Crippen LogP contribution in [0.1, 0.15) is 17.4 Å². The Morgan fingerprint density at radius 1 is 1.32 bits per heavy atom. The second kappa shape index (κ2) is 6.91. The van der Waals surface area contributed by atoms with Gasteiger partial charge in [-0.05, 0) is 36.1 Å². The van der Waals surface area contributed by atoms with Crippen LogP contribution in [0.3, 0.4) is 0 Å². The Bertz CT molecular complexity index is 525. The largest absolute Gasteiger partial charge is 0.371 e. The highest BCUT2D eigenvalue weighted by molar-refractivity contribution is 9.10. The molecule has 1 unspecified atom stereocenters. The SMILES string of the molecule is CC(Cc1cccs1)N(C)c1ccc(CBr)c(Br)c1. The Morgan fingerprint density at radius 3 is 2.68 bits per heavy atom. The van der Waals surface area contributed by atoms with Gasteiger partial charge in [0.05, 0.1) is 0 Å². The van der Waals surface area contributed by atoms with Crippen molar-refractivity contribution in [1.29, 1.82) is 0 Å². The van der Waals surface area contributed by atoms with Crippen LogP contribution < -0.4 is 4.90 Å². The standard InChI is InChI=1S/C15H17Br2NS/c1-11(8-14-4-3-7-19-14)18(2)13-6-5-12(10-16)15(17)9-13/h3-7,9,11H,8,10H2,1-2H3. The van der Waals surface area contributed by atoms with Crippen LogP contribution in [0.5, 0.6) is 0 Å². The lowest BCUT2D eigenvalue weighted by atomic mass is 10.1. The molecule has 0 spiro atoms. The predicted octanol–water partition coefficient (Wildman–Crippen LogP) is 5.47. The number of thiophene rings is 1. The molecule has 2 rings (SSSR count). The van der Waals surface area contributed by atoms with Gasteiger partial charge in [0, 0.05) is 39.9 Å². The lowest BCUT2D eigenvalue weighted by Crippen LogP contribution is -2.30. The van der Waals surface area contributed by atoms with Crippen LogP contribution in [-0.2, 0) is 11.8 Å². The highest BCUT2D eigenvalue weighted by atomic mass is 79.9. The molecule has 0 N–H and O–H groups in total. The zero-order chi connectivity index (χ0) is 13.8. The summed E-state index contributed by atoms with van der Waals surface area (Å²) < 4.78 is 1.16. The highest BCUT2D eigenvalue weighted by Crippen LogP contribution is 2.27. The number of benzene rings is 1. The number of anilines is 1. The van der Waals surface area contributed by atoms with E-state index in [1.54, 1.807) is 0 Å². The minimum absolute atomic E-state index is 0.486. The van der Waals surface area contributed by atoms with Crippen LogP contribution in [0.2, 0.25) is 0 Å². The number of alkyl halides is 1. The first-order valence-electron chi connectivity index (χ1n) is 6.21. The van der Waals surface area contributed by atoms with Gasteiger partial charge in [-0.15, -0.1) is 11.3 Å². The summed E-state index contributed by atoms with van der Waals surface area (Å²) in [5.41, 5.74) is 2.53. The summed E-state index contributed by atoms with van der Waals surface area (Å²) in [6.45, 7) is 2.27. The average molecular weight is 403 g/mol. The van der Waals surface area contributed by atoms with Gasteiger partial charge in [0.2, 0.25) is 0 Å². The fourth-order valence-electron chi connectivity index (χ4n) is 1.98. The molecule has 0 aliphatic rings. The van der Waals surface area contributed by atoms with Crippen molar-refractivity contribution in [1.82, 2.24) is 0 Å². The second-order valence-electron chi connectivity index (χ2n) is 4.65. The van der Waals surface area contributed by atoms with Crippen LogP contribution in [0, 0.1) is 0 Å². The van der Waals surface area contributed by atoms with E-state index in [0.717, 1.165) is 16.2 Å². The van der Waals surface area contributed by atoms with Gasteiger partial charge in [0.1, 0.15) is 0 Å². The Balaban J connectivity index is 2.10. The summed E-state index contributed by atoms with van der Waals surface area (Å²) in [4.78, 5) is 3.78. The van der Waals surface area contributed by atoms with Crippen molar-refractivity contribution in [2.24, 2.45) is 0 Å². The Kier molecular flexibility index (Phi) is 5.48. The normalized spacial score (nSPS) is 12.4. The maximum Gasteiger partial charge on any atom is 0.0377 e. The van der Waals surface area contributed by atoms with Crippen molar-refractivity contribution in [3.8, 4) is 0 Å². The van der Waals surface area contributed by atoms with Gasteiger partial charge >= 0.3 is 0 Å². The van der Waals surface area contributed by atoms with Crippen molar-refractivity contribution in [3.05, 3.63) is 50.6 Å². The van der Waals surface area contributed by atoms with Crippen molar-refractivity contribution < 1.29 is 0 Å². The van der Waals surface area contributed by atoms with Crippen LogP contribution in [0.25, 0.3) is 0 Å². The molecular weight excluding hydrogens is 386 g/mol. The van der Waals surface area contributed by atoms with Crippen LogP contribution >= 0.6 is 43.2 Å². The zero-order valence-corrected chi connectivity index (χ0v) is 15.1. The van der Waals surface area contributed by atoms with E-state index in [4.69, 9.17) is 0 Å². The quantitative estimate of drug-likeness (QED) is 0.599. The van der Waals surface area contributed by atoms with Gasteiger partial charge in [-0.25, -0.2) is 0 Å². The zero-order valence-electron chi connectivity index (χ0n) is 11.1. The minimum Gasteiger partial charge on any atom is -0.371 e. The first-order chi connectivity index (χ1) is 9.11. The molecule has 0 amide bonds. The highest BCUT2D eigenvalue weighted by Gasteiger charge is 2.12. The van der Waals surface area contributed by atoms with Gasteiger partial charge in [0.15, 0.2) is 0 Å². The lowest BCUT2D eigenvalue weighted by Gasteiger charge is -2.27.